The lowest BCUT2D eigenvalue weighted by Crippen LogP contribution is -2.56. The molecular weight excluding hydrogens is 290 g/mol. The minimum atomic E-state index is -2.71. The SMILES string of the molecule is CC(C)(C)OC(=O)c1cc(Cl)nc(N2CC(F)(F)C2)c1. The Labute approximate surface area is 120 Å². The minimum absolute atomic E-state index is 0.0681. The van der Waals surface area contributed by atoms with Gasteiger partial charge in [0.15, 0.2) is 0 Å². The van der Waals surface area contributed by atoms with Crippen LogP contribution in [-0.4, -0.2) is 35.6 Å². The van der Waals surface area contributed by atoms with Gasteiger partial charge in [0.2, 0.25) is 0 Å². The lowest BCUT2D eigenvalue weighted by atomic mass is 10.1. The minimum Gasteiger partial charge on any atom is -0.456 e. The van der Waals surface area contributed by atoms with Gasteiger partial charge in [0.1, 0.15) is 16.6 Å². The van der Waals surface area contributed by atoms with Crippen LogP contribution in [0.1, 0.15) is 31.1 Å². The van der Waals surface area contributed by atoms with Crippen molar-refractivity contribution in [3.63, 3.8) is 0 Å². The molecule has 1 saturated heterocycles. The van der Waals surface area contributed by atoms with Gasteiger partial charge in [-0.25, -0.2) is 18.6 Å². The van der Waals surface area contributed by atoms with Gasteiger partial charge in [-0.3, -0.25) is 0 Å². The number of hydrogen-bond donors (Lipinski definition) is 0. The van der Waals surface area contributed by atoms with Crippen molar-refractivity contribution in [2.75, 3.05) is 18.0 Å². The predicted molar refractivity (Wildman–Crippen MR) is 71.6 cm³/mol. The maximum Gasteiger partial charge on any atom is 0.338 e. The molecule has 0 atom stereocenters. The number of carbonyl (C=O) groups is 1. The summed E-state index contributed by atoms with van der Waals surface area (Å²) in [6.07, 6.45) is 0. The van der Waals surface area contributed by atoms with Crippen molar-refractivity contribution < 1.29 is 18.3 Å². The molecule has 110 valence electrons. The van der Waals surface area contributed by atoms with E-state index in [-0.39, 0.29) is 16.5 Å². The number of esters is 1. The zero-order valence-corrected chi connectivity index (χ0v) is 12.2. The zero-order chi connectivity index (χ0) is 15.1. The van der Waals surface area contributed by atoms with Crippen LogP contribution in [0, 0.1) is 0 Å². The second-order valence-corrected chi connectivity index (χ2v) is 6.14. The van der Waals surface area contributed by atoms with Crippen molar-refractivity contribution in [3.05, 3.63) is 22.8 Å². The summed E-state index contributed by atoms with van der Waals surface area (Å²) in [6, 6.07) is 2.77. The fourth-order valence-corrected chi connectivity index (χ4v) is 1.98. The zero-order valence-electron chi connectivity index (χ0n) is 11.4. The summed E-state index contributed by atoms with van der Waals surface area (Å²) < 4.78 is 30.9. The molecule has 0 spiro atoms. The van der Waals surface area contributed by atoms with Crippen molar-refractivity contribution in [2.24, 2.45) is 0 Å². The number of pyridine rings is 1. The molecule has 1 aromatic heterocycles. The molecule has 1 fully saturated rings. The molecule has 2 heterocycles. The molecule has 0 radical (unpaired) electrons. The number of aromatic nitrogens is 1. The van der Waals surface area contributed by atoms with Crippen LogP contribution in [0.3, 0.4) is 0 Å². The van der Waals surface area contributed by atoms with Gasteiger partial charge in [0, 0.05) is 0 Å². The predicted octanol–water partition coefficient (Wildman–Crippen LogP) is 3.15. The molecule has 0 unspecified atom stereocenters. The quantitative estimate of drug-likeness (QED) is 0.622. The van der Waals surface area contributed by atoms with Crippen LogP contribution in [0.4, 0.5) is 14.6 Å². The normalized spacial score (nSPS) is 17.6. The van der Waals surface area contributed by atoms with E-state index in [2.05, 4.69) is 4.98 Å². The van der Waals surface area contributed by atoms with E-state index in [1.54, 1.807) is 20.8 Å². The molecule has 1 aliphatic rings. The molecule has 0 N–H and O–H groups in total. The highest BCUT2D eigenvalue weighted by atomic mass is 35.5. The second-order valence-electron chi connectivity index (χ2n) is 5.75. The Morgan fingerprint density at radius 3 is 2.50 bits per heavy atom. The second kappa shape index (κ2) is 4.84. The Bertz CT molecular complexity index is 536. The van der Waals surface area contributed by atoms with Crippen molar-refractivity contribution in [2.45, 2.75) is 32.3 Å². The van der Waals surface area contributed by atoms with Gasteiger partial charge in [-0.05, 0) is 32.9 Å². The summed E-state index contributed by atoms with van der Waals surface area (Å²) in [6.45, 7) is 4.38. The maximum absolute atomic E-state index is 12.9. The van der Waals surface area contributed by atoms with Gasteiger partial charge < -0.3 is 9.64 Å². The summed E-state index contributed by atoms with van der Waals surface area (Å²) in [5.74, 6) is -3.02. The molecule has 0 saturated carbocycles. The molecule has 0 amide bonds. The van der Waals surface area contributed by atoms with Gasteiger partial charge in [0.05, 0.1) is 18.7 Å². The third kappa shape index (κ3) is 3.56. The summed E-state index contributed by atoms with van der Waals surface area (Å²) in [5, 5.41) is 0.0681. The Balaban J connectivity index is 2.19. The van der Waals surface area contributed by atoms with E-state index in [1.165, 1.54) is 17.0 Å². The standard InChI is InChI=1S/C13H15ClF2N2O2/c1-12(2,3)20-11(19)8-4-9(14)17-10(5-8)18-6-13(15,16)7-18/h4-5H,6-7H2,1-3H3. The van der Waals surface area contributed by atoms with E-state index in [0.29, 0.717) is 0 Å². The van der Waals surface area contributed by atoms with E-state index in [4.69, 9.17) is 16.3 Å². The van der Waals surface area contributed by atoms with Crippen LogP contribution in [0.5, 0.6) is 0 Å². The number of ether oxygens (including phenoxy) is 1. The lowest BCUT2D eigenvalue weighted by Gasteiger charge is -2.39. The van der Waals surface area contributed by atoms with Crippen LogP contribution < -0.4 is 4.90 Å². The fraction of sp³-hybridized carbons (Fsp3) is 0.538. The van der Waals surface area contributed by atoms with Gasteiger partial charge in [0.25, 0.3) is 5.92 Å². The Morgan fingerprint density at radius 2 is 2.00 bits per heavy atom. The van der Waals surface area contributed by atoms with E-state index in [0.717, 1.165) is 0 Å². The molecule has 20 heavy (non-hydrogen) atoms. The molecule has 0 aromatic carbocycles. The number of halogens is 3. The molecule has 2 rings (SSSR count). The van der Waals surface area contributed by atoms with Crippen molar-refractivity contribution >= 4 is 23.4 Å². The van der Waals surface area contributed by atoms with Crippen LogP contribution in [-0.2, 0) is 4.74 Å². The van der Waals surface area contributed by atoms with E-state index < -0.39 is 30.6 Å². The maximum atomic E-state index is 12.9. The number of carbonyl (C=O) groups excluding carboxylic acids is 1. The first-order valence-electron chi connectivity index (χ1n) is 6.09. The first-order chi connectivity index (χ1) is 9.06. The number of rotatable bonds is 2. The number of hydrogen-bond acceptors (Lipinski definition) is 4. The van der Waals surface area contributed by atoms with Crippen molar-refractivity contribution in [1.29, 1.82) is 0 Å². The number of alkyl halides is 2. The molecule has 0 aliphatic carbocycles. The number of nitrogens with zero attached hydrogens (tertiary/aromatic N) is 2. The van der Waals surface area contributed by atoms with Crippen LogP contribution >= 0.6 is 11.6 Å². The average Bonchev–Trinajstić information content (AvgIpc) is 2.22. The first-order valence-corrected chi connectivity index (χ1v) is 6.47. The van der Waals surface area contributed by atoms with Crippen LogP contribution in [0.15, 0.2) is 12.1 Å². The molecule has 1 aliphatic heterocycles. The average molecular weight is 305 g/mol. The smallest absolute Gasteiger partial charge is 0.338 e. The first kappa shape index (κ1) is 15.0. The van der Waals surface area contributed by atoms with Crippen molar-refractivity contribution in [3.8, 4) is 0 Å². The summed E-state index contributed by atoms with van der Waals surface area (Å²) in [4.78, 5) is 17.3. The summed E-state index contributed by atoms with van der Waals surface area (Å²) in [5.41, 5.74) is -0.443. The van der Waals surface area contributed by atoms with Gasteiger partial charge in [-0.15, -0.1) is 0 Å². The molecule has 0 bridgehead atoms. The Hall–Kier alpha value is -1.43. The van der Waals surface area contributed by atoms with Gasteiger partial charge >= 0.3 is 5.97 Å². The summed E-state index contributed by atoms with van der Waals surface area (Å²) in [7, 11) is 0. The molecule has 4 nitrogen and oxygen atoms in total. The highest BCUT2D eigenvalue weighted by Gasteiger charge is 2.44. The third-order valence-corrected chi connectivity index (χ3v) is 2.78. The van der Waals surface area contributed by atoms with E-state index >= 15 is 0 Å². The third-order valence-electron chi connectivity index (χ3n) is 2.58. The highest BCUT2D eigenvalue weighted by Crippen LogP contribution is 2.32. The summed E-state index contributed by atoms with van der Waals surface area (Å²) >= 11 is 5.83. The van der Waals surface area contributed by atoms with Gasteiger partial charge in [-0.1, -0.05) is 11.6 Å². The van der Waals surface area contributed by atoms with Crippen LogP contribution in [0.2, 0.25) is 5.15 Å². The van der Waals surface area contributed by atoms with Crippen molar-refractivity contribution in [1.82, 2.24) is 4.98 Å². The highest BCUT2D eigenvalue weighted by molar-refractivity contribution is 6.29. The number of anilines is 1. The molecule has 1 aromatic rings. The Morgan fingerprint density at radius 1 is 1.40 bits per heavy atom. The van der Waals surface area contributed by atoms with Crippen LogP contribution in [0.25, 0.3) is 0 Å². The molecule has 7 heteroatoms. The molecular formula is C13H15ClF2N2O2. The lowest BCUT2D eigenvalue weighted by molar-refractivity contribution is -0.0267. The van der Waals surface area contributed by atoms with E-state index in [1.807, 2.05) is 0 Å². The van der Waals surface area contributed by atoms with E-state index in [9.17, 15) is 13.6 Å². The monoisotopic (exact) mass is 304 g/mol. The largest absolute Gasteiger partial charge is 0.456 e. The topological polar surface area (TPSA) is 42.4 Å². The van der Waals surface area contributed by atoms with Gasteiger partial charge in [-0.2, -0.15) is 0 Å². The Kier molecular flexibility index (Phi) is 3.62. The fourth-order valence-electron chi connectivity index (χ4n) is 1.77.